The van der Waals surface area contributed by atoms with Crippen LogP contribution in [0.4, 0.5) is 0 Å². The van der Waals surface area contributed by atoms with Crippen molar-refractivity contribution >= 4 is 5.91 Å². The number of nitrogens with zero attached hydrogens (tertiary/aromatic N) is 2. The molecule has 1 fully saturated rings. The molecule has 2 aliphatic rings. The molecule has 1 aromatic carbocycles. The van der Waals surface area contributed by atoms with Gasteiger partial charge in [0.1, 0.15) is 11.4 Å². The van der Waals surface area contributed by atoms with Crippen LogP contribution in [0.3, 0.4) is 0 Å². The monoisotopic (exact) mass is 284 g/mol. The molecule has 2 heterocycles. The second kappa shape index (κ2) is 4.77. The maximum absolute atomic E-state index is 12.2. The summed E-state index contributed by atoms with van der Waals surface area (Å²) in [6.45, 7) is 7.04. The second-order valence-electron chi connectivity index (χ2n) is 6.49. The average Bonchev–Trinajstić information content (AvgIpc) is 2.86. The van der Waals surface area contributed by atoms with Crippen LogP contribution in [0.5, 0.6) is 5.75 Å². The predicted molar refractivity (Wildman–Crippen MR) is 78.7 cm³/mol. The van der Waals surface area contributed by atoms with Crippen molar-refractivity contribution in [3.8, 4) is 11.8 Å². The highest BCUT2D eigenvalue weighted by Crippen LogP contribution is 2.47. The van der Waals surface area contributed by atoms with E-state index in [0.717, 1.165) is 24.3 Å². The van der Waals surface area contributed by atoms with E-state index in [1.165, 1.54) is 0 Å². The molecule has 0 bridgehead atoms. The fourth-order valence-electron chi connectivity index (χ4n) is 3.37. The Balaban J connectivity index is 2.12. The van der Waals surface area contributed by atoms with Gasteiger partial charge in [0.25, 0.3) is 0 Å². The Morgan fingerprint density at radius 3 is 2.81 bits per heavy atom. The molecular weight excluding hydrogens is 264 g/mol. The van der Waals surface area contributed by atoms with E-state index in [-0.39, 0.29) is 23.5 Å². The Morgan fingerprint density at radius 1 is 1.43 bits per heavy atom. The zero-order valence-electron chi connectivity index (χ0n) is 12.7. The molecule has 4 heteroatoms. The van der Waals surface area contributed by atoms with Crippen molar-refractivity contribution in [2.24, 2.45) is 5.92 Å². The van der Waals surface area contributed by atoms with Gasteiger partial charge in [-0.1, -0.05) is 6.92 Å². The number of likely N-dealkylation sites (tertiary alicyclic amines) is 1. The first kappa shape index (κ1) is 13.9. The third-order valence-electron chi connectivity index (χ3n) is 4.85. The van der Waals surface area contributed by atoms with Gasteiger partial charge in [-0.15, -0.1) is 0 Å². The standard InChI is InChI=1S/C17H20N2O2/c1-11-16(19-8-4-5-15(19)20)13-9-12(10-18)6-7-14(13)21-17(11,2)3/h6-7,9,11,16H,4-5,8H2,1-3H3/t11-,16?/m1/s1. The van der Waals surface area contributed by atoms with Crippen molar-refractivity contribution in [3.63, 3.8) is 0 Å². The van der Waals surface area contributed by atoms with E-state index in [4.69, 9.17) is 10.00 Å². The van der Waals surface area contributed by atoms with Gasteiger partial charge in [0.2, 0.25) is 5.91 Å². The van der Waals surface area contributed by atoms with Gasteiger partial charge >= 0.3 is 0 Å². The molecule has 110 valence electrons. The number of hydrogen-bond acceptors (Lipinski definition) is 3. The molecule has 3 rings (SSSR count). The summed E-state index contributed by atoms with van der Waals surface area (Å²) >= 11 is 0. The van der Waals surface area contributed by atoms with Crippen LogP contribution in [0.1, 0.15) is 50.8 Å². The fourth-order valence-corrected chi connectivity index (χ4v) is 3.37. The average molecular weight is 284 g/mol. The summed E-state index contributed by atoms with van der Waals surface area (Å²) in [6.07, 6.45) is 1.54. The molecular formula is C17H20N2O2. The van der Waals surface area contributed by atoms with Crippen LogP contribution in [0.2, 0.25) is 0 Å². The Labute approximate surface area is 125 Å². The molecule has 4 nitrogen and oxygen atoms in total. The molecule has 21 heavy (non-hydrogen) atoms. The molecule has 1 unspecified atom stereocenters. The molecule has 1 aromatic rings. The highest BCUT2D eigenvalue weighted by molar-refractivity contribution is 5.79. The minimum Gasteiger partial charge on any atom is -0.487 e. The number of amides is 1. The normalized spacial score (nSPS) is 27.0. The van der Waals surface area contributed by atoms with Crippen molar-refractivity contribution in [1.29, 1.82) is 5.26 Å². The van der Waals surface area contributed by atoms with E-state index in [9.17, 15) is 4.79 Å². The second-order valence-corrected chi connectivity index (χ2v) is 6.49. The lowest BCUT2D eigenvalue weighted by atomic mass is 9.78. The Hall–Kier alpha value is -2.02. The number of fused-ring (bicyclic) bond motifs is 1. The molecule has 1 saturated heterocycles. The summed E-state index contributed by atoms with van der Waals surface area (Å²) in [5, 5.41) is 9.14. The third-order valence-corrected chi connectivity index (χ3v) is 4.85. The maximum Gasteiger partial charge on any atom is 0.223 e. The summed E-state index contributed by atoms with van der Waals surface area (Å²) in [5.74, 6) is 1.17. The first-order valence-electron chi connectivity index (χ1n) is 7.46. The van der Waals surface area contributed by atoms with E-state index < -0.39 is 0 Å². The molecule has 2 aliphatic heterocycles. The number of hydrogen-bond donors (Lipinski definition) is 0. The van der Waals surface area contributed by atoms with Gasteiger partial charge in [-0.3, -0.25) is 4.79 Å². The van der Waals surface area contributed by atoms with Gasteiger partial charge in [-0.25, -0.2) is 0 Å². The van der Waals surface area contributed by atoms with Crippen LogP contribution in [0, 0.1) is 17.2 Å². The summed E-state index contributed by atoms with van der Waals surface area (Å²) in [5.41, 5.74) is 1.24. The number of carbonyl (C=O) groups is 1. The van der Waals surface area contributed by atoms with Gasteiger partial charge in [-0.05, 0) is 38.5 Å². The van der Waals surface area contributed by atoms with Gasteiger partial charge in [0.15, 0.2) is 0 Å². The van der Waals surface area contributed by atoms with Gasteiger partial charge < -0.3 is 9.64 Å². The highest BCUT2D eigenvalue weighted by Gasteiger charge is 2.45. The SMILES string of the molecule is C[C@@H]1C(N2CCCC2=O)c2cc(C#N)ccc2OC1(C)C. The highest BCUT2D eigenvalue weighted by atomic mass is 16.5. The van der Waals surface area contributed by atoms with E-state index >= 15 is 0 Å². The predicted octanol–water partition coefficient (Wildman–Crippen LogP) is 3.03. The molecule has 0 saturated carbocycles. The Morgan fingerprint density at radius 2 is 2.19 bits per heavy atom. The van der Waals surface area contributed by atoms with Crippen molar-refractivity contribution in [2.45, 2.75) is 45.3 Å². The van der Waals surface area contributed by atoms with Crippen molar-refractivity contribution in [3.05, 3.63) is 29.3 Å². The number of ether oxygens (including phenoxy) is 1. The van der Waals surface area contributed by atoms with Crippen LogP contribution in [0.25, 0.3) is 0 Å². The summed E-state index contributed by atoms with van der Waals surface area (Å²) in [6, 6.07) is 7.67. The molecule has 0 spiro atoms. The molecule has 0 N–H and O–H groups in total. The number of rotatable bonds is 1. The first-order valence-corrected chi connectivity index (χ1v) is 7.46. The smallest absolute Gasteiger partial charge is 0.223 e. The maximum atomic E-state index is 12.2. The lowest BCUT2D eigenvalue weighted by molar-refractivity contribution is -0.133. The molecule has 2 atom stereocenters. The van der Waals surface area contributed by atoms with Crippen LogP contribution in [-0.2, 0) is 4.79 Å². The zero-order valence-corrected chi connectivity index (χ0v) is 12.7. The van der Waals surface area contributed by atoms with Gasteiger partial charge in [-0.2, -0.15) is 5.26 Å². The summed E-state index contributed by atoms with van der Waals surface area (Å²) in [7, 11) is 0. The summed E-state index contributed by atoms with van der Waals surface area (Å²) < 4.78 is 6.11. The zero-order chi connectivity index (χ0) is 15.2. The Bertz CT molecular complexity index is 630. The number of benzene rings is 1. The van der Waals surface area contributed by atoms with E-state index in [1.807, 2.05) is 17.0 Å². The van der Waals surface area contributed by atoms with Crippen LogP contribution < -0.4 is 4.74 Å². The molecule has 0 aliphatic carbocycles. The van der Waals surface area contributed by atoms with Crippen molar-refractivity contribution in [1.82, 2.24) is 4.90 Å². The molecule has 0 radical (unpaired) electrons. The third kappa shape index (κ3) is 2.17. The van der Waals surface area contributed by atoms with Crippen molar-refractivity contribution < 1.29 is 9.53 Å². The number of nitriles is 1. The number of carbonyl (C=O) groups excluding carboxylic acids is 1. The lowest BCUT2D eigenvalue weighted by Crippen LogP contribution is -2.48. The largest absolute Gasteiger partial charge is 0.487 e. The molecule has 1 amide bonds. The van der Waals surface area contributed by atoms with Crippen LogP contribution in [-0.4, -0.2) is 23.0 Å². The fraction of sp³-hybridized carbons (Fsp3) is 0.529. The van der Waals surface area contributed by atoms with Crippen LogP contribution >= 0.6 is 0 Å². The van der Waals surface area contributed by atoms with E-state index in [0.29, 0.717) is 12.0 Å². The van der Waals surface area contributed by atoms with Crippen molar-refractivity contribution in [2.75, 3.05) is 6.54 Å². The van der Waals surface area contributed by atoms with Gasteiger partial charge in [0, 0.05) is 24.4 Å². The molecule has 0 aromatic heterocycles. The summed E-state index contributed by atoms with van der Waals surface area (Å²) in [4.78, 5) is 14.2. The van der Waals surface area contributed by atoms with E-state index in [2.05, 4.69) is 26.8 Å². The van der Waals surface area contributed by atoms with Gasteiger partial charge in [0.05, 0.1) is 17.7 Å². The van der Waals surface area contributed by atoms with E-state index in [1.54, 1.807) is 6.07 Å². The topological polar surface area (TPSA) is 53.3 Å². The Kier molecular flexibility index (Phi) is 3.16. The minimum atomic E-state index is -0.339. The minimum absolute atomic E-state index is 0.00736. The van der Waals surface area contributed by atoms with Crippen LogP contribution in [0.15, 0.2) is 18.2 Å². The lowest BCUT2D eigenvalue weighted by Gasteiger charge is -2.46. The quantitative estimate of drug-likeness (QED) is 0.796. The first-order chi connectivity index (χ1) is 9.94.